The lowest BCUT2D eigenvalue weighted by Crippen LogP contribution is -2.38. The van der Waals surface area contributed by atoms with Crippen LogP contribution in [0.5, 0.6) is 0 Å². The van der Waals surface area contributed by atoms with E-state index in [1.54, 1.807) is 30.3 Å². The second-order valence-electron chi connectivity index (χ2n) is 8.14. The summed E-state index contributed by atoms with van der Waals surface area (Å²) < 4.78 is 55.6. The molecular formula is C26H20Cl3N3O5S2. The van der Waals surface area contributed by atoms with E-state index in [-0.39, 0.29) is 31.2 Å². The SMILES string of the molecule is O=C(CN(c1cc(Cl)cc(Cl)c1)S(=O)(=O)c1ccccc1)Nc1ccc(S(=O)(=O)Nc2ccc(Cl)cc2)cc1. The first-order valence-electron chi connectivity index (χ1n) is 11.2. The van der Waals surface area contributed by atoms with Crippen molar-refractivity contribution < 1.29 is 21.6 Å². The second-order valence-corrected chi connectivity index (χ2v) is 13.0. The second kappa shape index (κ2) is 11.8. The molecule has 0 saturated carbocycles. The maximum absolute atomic E-state index is 13.4. The molecule has 0 spiro atoms. The summed E-state index contributed by atoms with van der Waals surface area (Å²) in [5.74, 6) is -0.680. The van der Waals surface area contributed by atoms with Gasteiger partial charge in [-0.05, 0) is 78.9 Å². The van der Waals surface area contributed by atoms with Crippen LogP contribution in [-0.2, 0) is 24.8 Å². The number of rotatable bonds is 9. The van der Waals surface area contributed by atoms with Gasteiger partial charge in [0.1, 0.15) is 6.54 Å². The van der Waals surface area contributed by atoms with E-state index in [4.69, 9.17) is 34.8 Å². The van der Waals surface area contributed by atoms with E-state index in [1.807, 2.05) is 0 Å². The van der Waals surface area contributed by atoms with E-state index in [2.05, 4.69) is 10.0 Å². The summed E-state index contributed by atoms with van der Waals surface area (Å²) in [4.78, 5) is 12.9. The molecule has 0 unspecified atom stereocenters. The molecule has 4 rings (SSSR count). The third kappa shape index (κ3) is 7.23. The predicted molar refractivity (Wildman–Crippen MR) is 155 cm³/mol. The fraction of sp³-hybridized carbons (Fsp3) is 0.0385. The van der Waals surface area contributed by atoms with Crippen molar-refractivity contribution >= 4 is 77.8 Å². The van der Waals surface area contributed by atoms with Gasteiger partial charge in [0.15, 0.2) is 0 Å². The van der Waals surface area contributed by atoms with Crippen molar-refractivity contribution in [2.45, 2.75) is 9.79 Å². The molecule has 0 aliphatic rings. The molecule has 0 saturated heterocycles. The number of hydrogen-bond donors (Lipinski definition) is 2. The third-order valence-corrected chi connectivity index (χ3v) is 9.17. The Bertz CT molecular complexity index is 1680. The van der Waals surface area contributed by atoms with Crippen molar-refractivity contribution in [2.75, 3.05) is 20.9 Å². The summed E-state index contributed by atoms with van der Waals surface area (Å²) in [5, 5.41) is 3.43. The van der Waals surface area contributed by atoms with Crippen LogP contribution in [-0.4, -0.2) is 29.3 Å². The number of carbonyl (C=O) groups excluding carboxylic acids is 1. The molecule has 0 radical (unpaired) electrons. The Morgan fingerprint density at radius 2 is 1.23 bits per heavy atom. The highest BCUT2D eigenvalue weighted by atomic mass is 35.5. The monoisotopic (exact) mass is 623 g/mol. The molecule has 4 aromatic carbocycles. The van der Waals surface area contributed by atoms with Crippen LogP contribution in [0.3, 0.4) is 0 Å². The van der Waals surface area contributed by atoms with Gasteiger partial charge in [-0.3, -0.25) is 13.8 Å². The Labute approximate surface area is 241 Å². The first kappa shape index (κ1) is 28.7. The Hall–Kier alpha value is -3.28. The van der Waals surface area contributed by atoms with Crippen LogP contribution in [0.25, 0.3) is 0 Å². The number of amides is 1. The third-order valence-electron chi connectivity index (χ3n) is 5.30. The molecule has 0 heterocycles. The van der Waals surface area contributed by atoms with Gasteiger partial charge in [-0.2, -0.15) is 0 Å². The molecule has 202 valence electrons. The van der Waals surface area contributed by atoms with Crippen LogP contribution in [0.15, 0.2) is 107 Å². The maximum atomic E-state index is 13.4. The molecule has 0 fully saturated rings. The van der Waals surface area contributed by atoms with Gasteiger partial charge in [0.25, 0.3) is 20.0 Å². The van der Waals surface area contributed by atoms with Crippen molar-refractivity contribution in [1.82, 2.24) is 0 Å². The highest BCUT2D eigenvalue weighted by Crippen LogP contribution is 2.30. The zero-order valence-electron chi connectivity index (χ0n) is 19.9. The average molecular weight is 625 g/mol. The van der Waals surface area contributed by atoms with E-state index in [1.165, 1.54) is 66.7 Å². The summed E-state index contributed by atoms with van der Waals surface area (Å²) in [6, 6.07) is 23.4. The topological polar surface area (TPSA) is 113 Å². The lowest BCUT2D eigenvalue weighted by atomic mass is 10.3. The minimum absolute atomic E-state index is 0.0309. The van der Waals surface area contributed by atoms with Gasteiger partial charge in [-0.25, -0.2) is 16.8 Å². The Kier molecular flexibility index (Phi) is 8.73. The van der Waals surface area contributed by atoms with E-state index in [9.17, 15) is 21.6 Å². The summed E-state index contributed by atoms with van der Waals surface area (Å²) >= 11 is 18.0. The van der Waals surface area contributed by atoms with Crippen molar-refractivity contribution in [1.29, 1.82) is 0 Å². The van der Waals surface area contributed by atoms with Crippen molar-refractivity contribution in [3.63, 3.8) is 0 Å². The van der Waals surface area contributed by atoms with E-state index in [0.717, 1.165) is 4.31 Å². The largest absolute Gasteiger partial charge is 0.325 e. The van der Waals surface area contributed by atoms with Gasteiger partial charge in [-0.15, -0.1) is 0 Å². The number of nitrogens with zero attached hydrogens (tertiary/aromatic N) is 1. The van der Waals surface area contributed by atoms with E-state index < -0.39 is 32.5 Å². The quantitative estimate of drug-likeness (QED) is 0.228. The van der Waals surface area contributed by atoms with Crippen LogP contribution in [0.4, 0.5) is 17.1 Å². The molecule has 0 aliphatic heterocycles. The zero-order chi connectivity index (χ0) is 28.2. The number of benzene rings is 4. The van der Waals surface area contributed by atoms with Crippen molar-refractivity contribution in [3.05, 3.63) is 112 Å². The Morgan fingerprint density at radius 3 is 1.82 bits per heavy atom. The first-order chi connectivity index (χ1) is 18.4. The Morgan fingerprint density at radius 1 is 0.667 bits per heavy atom. The van der Waals surface area contributed by atoms with E-state index in [0.29, 0.717) is 10.7 Å². The zero-order valence-corrected chi connectivity index (χ0v) is 23.8. The minimum Gasteiger partial charge on any atom is -0.325 e. The predicted octanol–water partition coefficient (Wildman–Crippen LogP) is 6.28. The van der Waals surface area contributed by atoms with Gasteiger partial charge in [0, 0.05) is 26.4 Å². The number of halogens is 3. The lowest BCUT2D eigenvalue weighted by Gasteiger charge is -2.24. The highest BCUT2D eigenvalue weighted by Gasteiger charge is 2.28. The van der Waals surface area contributed by atoms with Crippen LogP contribution < -0.4 is 14.3 Å². The van der Waals surface area contributed by atoms with Crippen molar-refractivity contribution in [2.24, 2.45) is 0 Å². The van der Waals surface area contributed by atoms with Crippen LogP contribution in [0, 0.1) is 0 Å². The number of hydrogen-bond acceptors (Lipinski definition) is 5. The normalized spacial score (nSPS) is 11.6. The van der Waals surface area contributed by atoms with Crippen molar-refractivity contribution in [3.8, 4) is 0 Å². The summed E-state index contributed by atoms with van der Waals surface area (Å²) in [5.41, 5.74) is 0.686. The molecule has 0 bridgehead atoms. The van der Waals surface area contributed by atoms with Gasteiger partial charge >= 0.3 is 0 Å². The molecular weight excluding hydrogens is 605 g/mol. The fourth-order valence-corrected chi connectivity index (χ4v) is 6.62. The molecule has 0 atom stereocenters. The summed E-state index contributed by atoms with van der Waals surface area (Å²) in [6.07, 6.45) is 0. The smallest absolute Gasteiger partial charge is 0.264 e. The molecule has 13 heteroatoms. The molecule has 1 amide bonds. The number of carbonyl (C=O) groups is 1. The van der Waals surface area contributed by atoms with E-state index >= 15 is 0 Å². The number of nitrogens with one attached hydrogen (secondary N) is 2. The average Bonchev–Trinajstić information content (AvgIpc) is 2.88. The molecule has 4 aromatic rings. The lowest BCUT2D eigenvalue weighted by molar-refractivity contribution is -0.114. The number of anilines is 3. The maximum Gasteiger partial charge on any atom is 0.264 e. The van der Waals surface area contributed by atoms with Gasteiger partial charge in [0.2, 0.25) is 5.91 Å². The molecule has 39 heavy (non-hydrogen) atoms. The highest BCUT2D eigenvalue weighted by molar-refractivity contribution is 7.93. The van der Waals surface area contributed by atoms with Crippen LogP contribution in [0.1, 0.15) is 0 Å². The summed E-state index contributed by atoms with van der Waals surface area (Å²) in [6.45, 7) is -0.605. The number of sulfonamides is 2. The molecule has 8 nitrogen and oxygen atoms in total. The molecule has 0 aromatic heterocycles. The van der Waals surface area contributed by atoms with Gasteiger partial charge < -0.3 is 5.32 Å². The van der Waals surface area contributed by atoms with Crippen LogP contribution >= 0.6 is 34.8 Å². The Balaban J connectivity index is 1.54. The molecule has 0 aliphatic carbocycles. The summed E-state index contributed by atoms with van der Waals surface area (Å²) in [7, 11) is -8.08. The van der Waals surface area contributed by atoms with Gasteiger partial charge in [-0.1, -0.05) is 53.0 Å². The van der Waals surface area contributed by atoms with Crippen LogP contribution in [0.2, 0.25) is 15.1 Å². The van der Waals surface area contributed by atoms with Gasteiger partial charge in [0.05, 0.1) is 15.5 Å². The first-order valence-corrected chi connectivity index (χ1v) is 15.2. The molecule has 2 N–H and O–H groups in total. The fourth-order valence-electron chi connectivity index (χ4n) is 3.50. The standard InChI is InChI=1S/C26H20Cl3N3O5S2/c27-18-6-8-22(9-7-18)31-38(34,35)24-12-10-21(11-13-24)30-26(33)17-32(23-15-19(28)14-20(29)16-23)39(36,37)25-4-2-1-3-5-25/h1-16,31H,17H2,(H,30,33). The minimum atomic E-state index is -4.17.